The van der Waals surface area contributed by atoms with Crippen LogP contribution in [-0.4, -0.2) is 34.8 Å². The van der Waals surface area contributed by atoms with Crippen molar-refractivity contribution >= 4 is 22.8 Å². The summed E-state index contributed by atoms with van der Waals surface area (Å²) in [4.78, 5) is 23.7. The zero-order valence-corrected chi connectivity index (χ0v) is 8.97. The van der Waals surface area contributed by atoms with Crippen molar-refractivity contribution in [3.05, 3.63) is 0 Å². The maximum Gasteiger partial charge on any atom is 0.223 e. The predicted octanol–water partition coefficient (Wildman–Crippen LogP) is 0.748. The number of hydrogen-bond donors (Lipinski definition) is 0. The Balaban J connectivity index is 2.35. The standard InChI is InChI=1S/C10H13NO2S/c1-3-4-11-6-9(5-10(11)13)7-14-8(2)12/h1,9H,4-7H2,2H3. The van der Waals surface area contributed by atoms with Gasteiger partial charge in [0.15, 0.2) is 5.12 Å². The van der Waals surface area contributed by atoms with Gasteiger partial charge in [0, 0.05) is 25.6 Å². The molecule has 1 aliphatic rings. The maximum absolute atomic E-state index is 11.4. The normalized spacial score (nSPS) is 21.0. The predicted molar refractivity (Wildman–Crippen MR) is 56.7 cm³/mol. The molecule has 1 amide bonds. The minimum absolute atomic E-state index is 0.104. The zero-order valence-electron chi connectivity index (χ0n) is 8.16. The van der Waals surface area contributed by atoms with Crippen molar-refractivity contribution in [1.29, 1.82) is 0 Å². The Hall–Kier alpha value is -0.950. The summed E-state index contributed by atoms with van der Waals surface area (Å²) in [7, 11) is 0. The van der Waals surface area contributed by atoms with E-state index in [0.29, 0.717) is 19.5 Å². The number of hydrogen-bond acceptors (Lipinski definition) is 3. The number of rotatable bonds is 3. The highest BCUT2D eigenvalue weighted by Crippen LogP contribution is 2.21. The van der Waals surface area contributed by atoms with E-state index >= 15 is 0 Å². The number of terminal acetylenes is 1. The molecule has 14 heavy (non-hydrogen) atoms. The molecular formula is C10H13NO2S. The average molecular weight is 211 g/mol. The van der Waals surface area contributed by atoms with Crippen molar-refractivity contribution in [2.24, 2.45) is 5.92 Å². The van der Waals surface area contributed by atoms with Crippen molar-refractivity contribution in [2.45, 2.75) is 13.3 Å². The number of nitrogens with zero attached hydrogens (tertiary/aromatic N) is 1. The lowest BCUT2D eigenvalue weighted by Gasteiger charge is -2.12. The number of carbonyl (C=O) groups is 2. The monoisotopic (exact) mass is 211 g/mol. The average Bonchev–Trinajstić information content (AvgIpc) is 2.45. The summed E-state index contributed by atoms with van der Waals surface area (Å²) in [6.45, 7) is 2.63. The van der Waals surface area contributed by atoms with Gasteiger partial charge in [-0.2, -0.15) is 0 Å². The summed E-state index contributed by atoms with van der Waals surface area (Å²) in [5.41, 5.74) is 0. The Bertz CT molecular complexity index is 282. The molecule has 0 aromatic rings. The Morgan fingerprint density at radius 1 is 1.79 bits per heavy atom. The second kappa shape index (κ2) is 5.06. The molecule has 1 saturated heterocycles. The van der Waals surface area contributed by atoms with Gasteiger partial charge in [-0.3, -0.25) is 9.59 Å². The first-order valence-corrected chi connectivity index (χ1v) is 5.46. The van der Waals surface area contributed by atoms with Gasteiger partial charge in [0.05, 0.1) is 6.54 Å². The highest BCUT2D eigenvalue weighted by molar-refractivity contribution is 8.13. The van der Waals surface area contributed by atoms with Crippen LogP contribution in [-0.2, 0) is 9.59 Å². The van der Waals surface area contributed by atoms with E-state index in [9.17, 15) is 9.59 Å². The van der Waals surface area contributed by atoms with Gasteiger partial charge < -0.3 is 4.90 Å². The summed E-state index contributed by atoms with van der Waals surface area (Å²) in [6.07, 6.45) is 5.66. The zero-order chi connectivity index (χ0) is 10.6. The first-order valence-electron chi connectivity index (χ1n) is 4.48. The van der Waals surface area contributed by atoms with Crippen LogP contribution in [0.2, 0.25) is 0 Å². The van der Waals surface area contributed by atoms with E-state index in [1.807, 2.05) is 0 Å². The fourth-order valence-electron chi connectivity index (χ4n) is 1.46. The molecule has 1 unspecified atom stereocenters. The summed E-state index contributed by atoms with van der Waals surface area (Å²) in [6, 6.07) is 0. The molecular weight excluding hydrogens is 198 g/mol. The van der Waals surface area contributed by atoms with E-state index in [4.69, 9.17) is 6.42 Å². The molecule has 1 heterocycles. The molecule has 0 spiro atoms. The van der Waals surface area contributed by atoms with Gasteiger partial charge in [-0.1, -0.05) is 17.7 Å². The van der Waals surface area contributed by atoms with Crippen LogP contribution in [0.25, 0.3) is 0 Å². The van der Waals surface area contributed by atoms with Gasteiger partial charge in [-0.25, -0.2) is 0 Å². The van der Waals surface area contributed by atoms with E-state index in [2.05, 4.69) is 5.92 Å². The summed E-state index contributed by atoms with van der Waals surface area (Å²) < 4.78 is 0. The van der Waals surface area contributed by atoms with Crippen molar-refractivity contribution in [3.8, 4) is 12.3 Å². The van der Waals surface area contributed by atoms with Crippen LogP contribution >= 0.6 is 11.8 Å². The van der Waals surface area contributed by atoms with E-state index in [0.717, 1.165) is 5.75 Å². The Kier molecular flexibility index (Phi) is 4.02. The van der Waals surface area contributed by atoms with E-state index in [1.165, 1.54) is 11.8 Å². The van der Waals surface area contributed by atoms with Gasteiger partial charge in [-0.15, -0.1) is 6.42 Å². The molecule has 0 radical (unpaired) electrons. The molecule has 0 bridgehead atoms. The fourth-order valence-corrected chi connectivity index (χ4v) is 2.16. The van der Waals surface area contributed by atoms with Crippen molar-refractivity contribution in [2.75, 3.05) is 18.8 Å². The summed E-state index contributed by atoms with van der Waals surface area (Å²) in [5, 5.41) is 0.104. The lowest BCUT2D eigenvalue weighted by molar-refractivity contribution is -0.127. The molecule has 4 heteroatoms. The van der Waals surface area contributed by atoms with Crippen molar-refractivity contribution < 1.29 is 9.59 Å². The lowest BCUT2D eigenvalue weighted by Crippen LogP contribution is -2.25. The SMILES string of the molecule is C#CCN1CC(CSC(C)=O)CC1=O. The number of amides is 1. The number of carbonyl (C=O) groups excluding carboxylic acids is 2. The van der Waals surface area contributed by atoms with E-state index in [-0.39, 0.29) is 16.9 Å². The fraction of sp³-hybridized carbons (Fsp3) is 0.600. The number of likely N-dealkylation sites (tertiary alicyclic amines) is 1. The quantitative estimate of drug-likeness (QED) is 0.646. The van der Waals surface area contributed by atoms with Crippen molar-refractivity contribution in [3.63, 3.8) is 0 Å². The molecule has 1 atom stereocenters. The third kappa shape index (κ3) is 3.08. The van der Waals surface area contributed by atoms with Gasteiger partial charge in [0.25, 0.3) is 0 Å². The van der Waals surface area contributed by atoms with Gasteiger partial charge >= 0.3 is 0 Å². The Morgan fingerprint density at radius 3 is 3.07 bits per heavy atom. The van der Waals surface area contributed by atoms with E-state index in [1.54, 1.807) is 11.8 Å². The first kappa shape index (κ1) is 11.1. The highest BCUT2D eigenvalue weighted by atomic mass is 32.2. The van der Waals surface area contributed by atoms with Gasteiger partial charge in [-0.05, 0) is 5.92 Å². The highest BCUT2D eigenvalue weighted by Gasteiger charge is 2.28. The summed E-state index contributed by atoms with van der Waals surface area (Å²) >= 11 is 1.28. The Labute approximate surface area is 88.2 Å². The second-order valence-electron chi connectivity index (χ2n) is 3.35. The third-order valence-corrected chi connectivity index (χ3v) is 3.14. The molecule has 0 aliphatic carbocycles. The molecule has 0 aromatic carbocycles. The van der Waals surface area contributed by atoms with Crippen LogP contribution in [0, 0.1) is 18.3 Å². The lowest BCUT2D eigenvalue weighted by atomic mass is 10.1. The molecule has 1 aliphatic heterocycles. The summed E-state index contributed by atoms with van der Waals surface area (Å²) in [5.74, 6) is 3.57. The van der Waals surface area contributed by atoms with Gasteiger partial charge in [0.2, 0.25) is 5.91 Å². The second-order valence-corrected chi connectivity index (χ2v) is 4.55. The van der Waals surface area contributed by atoms with Gasteiger partial charge in [0.1, 0.15) is 0 Å². The van der Waals surface area contributed by atoms with E-state index < -0.39 is 0 Å². The number of thioether (sulfide) groups is 1. The molecule has 1 rings (SSSR count). The molecule has 1 fully saturated rings. The third-order valence-electron chi connectivity index (χ3n) is 2.10. The van der Waals surface area contributed by atoms with Crippen LogP contribution in [0.3, 0.4) is 0 Å². The van der Waals surface area contributed by atoms with Crippen LogP contribution in [0.15, 0.2) is 0 Å². The van der Waals surface area contributed by atoms with Crippen LogP contribution in [0.4, 0.5) is 0 Å². The largest absolute Gasteiger partial charge is 0.331 e. The molecule has 3 nitrogen and oxygen atoms in total. The molecule has 0 aromatic heterocycles. The molecule has 0 saturated carbocycles. The topological polar surface area (TPSA) is 37.4 Å². The molecule has 76 valence electrons. The smallest absolute Gasteiger partial charge is 0.223 e. The minimum Gasteiger partial charge on any atom is -0.331 e. The van der Waals surface area contributed by atoms with Crippen LogP contribution < -0.4 is 0 Å². The minimum atomic E-state index is 0.104. The first-order chi connectivity index (χ1) is 6.63. The molecule has 0 N–H and O–H groups in total. The maximum atomic E-state index is 11.4. The van der Waals surface area contributed by atoms with Crippen LogP contribution in [0.1, 0.15) is 13.3 Å². The van der Waals surface area contributed by atoms with Crippen LogP contribution in [0.5, 0.6) is 0 Å². The Morgan fingerprint density at radius 2 is 2.50 bits per heavy atom. The van der Waals surface area contributed by atoms with Crippen molar-refractivity contribution in [1.82, 2.24) is 4.90 Å².